The minimum Gasteiger partial charge on any atom is -0.481 e. The van der Waals surface area contributed by atoms with Gasteiger partial charge in [-0.3, -0.25) is 4.79 Å². The maximum absolute atomic E-state index is 10.1. The molecule has 0 aliphatic carbocycles. The first-order valence-corrected chi connectivity index (χ1v) is 4.95. The Kier molecular flexibility index (Phi) is 8.86. The first kappa shape index (κ1) is 12.7. The van der Waals surface area contributed by atoms with Crippen molar-refractivity contribution in [1.82, 2.24) is 0 Å². The molecule has 0 aliphatic rings. The normalized spacial score (nSPS) is 12.1. The highest BCUT2D eigenvalue weighted by Crippen LogP contribution is 1.92. The monoisotopic (exact) mass is 194 g/mol. The topological polar surface area (TPSA) is 37.3 Å². The summed E-state index contributed by atoms with van der Waals surface area (Å²) in [5.41, 5.74) is 0. The number of unbranched alkanes of at least 4 members (excludes halogenated alkanes) is 1. The molecule has 0 spiro atoms. The van der Waals surface area contributed by atoms with Crippen LogP contribution in [0, 0.1) is 0 Å². The van der Waals surface area contributed by atoms with Crippen LogP contribution in [0.1, 0.15) is 32.6 Å². The van der Waals surface area contributed by atoms with Crippen LogP contribution in [0.15, 0.2) is 36.5 Å². The van der Waals surface area contributed by atoms with Crippen LogP contribution in [-0.2, 0) is 4.79 Å². The van der Waals surface area contributed by atoms with Gasteiger partial charge in [-0.15, -0.1) is 0 Å². The number of rotatable bonds is 7. The van der Waals surface area contributed by atoms with E-state index >= 15 is 0 Å². The lowest BCUT2D eigenvalue weighted by molar-refractivity contribution is -0.136. The van der Waals surface area contributed by atoms with Gasteiger partial charge in [0.05, 0.1) is 6.42 Å². The van der Waals surface area contributed by atoms with Crippen molar-refractivity contribution < 1.29 is 9.90 Å². The molecular weight excluding hydrogens is 176 g/mol. The van der Waals surface area contributed by atoms with Gasteiger partial charge in [0.25, 0.3) is 0 Å². The molecule has 0 rings (SSSR count). The molecule has 0 aromatic rings. The van der Waals surface area contributed by atoms with E-state index in [0.29, 0.717) is 0 Å². The molecule has 0 saturated carbocycles. The summed E-state index contributed by atoms with van der Waals surface area (Å²) in [5.74, 6) is -0.784. The second-order valence-electron chi connectivity index (χ2n) is 2.95. The standard InChI is InChI=1S/C12H18O2/c1-2-3-4-5-6-7-8-9-10-11-12(13)14/h4-7,9-10H,2-3,8,11H2,1H3,(H,13,14). The number of carboxylic acid groups (broad SMARTS) is 1. The second-order valence-corrected chi connectivity index (χ2v) is 2.95. The molecule has 0 heterocycles. The smallest absolute Gasteiger partial charge is 0.307 e. The quantitative estimate of drug-likeness (QED) is 0.498. The summed E-state index contributed by atoms with van der Waals surface area (Å²) in [7, 11) is 0. The number of aliphatic carboxylic acids is 1. The summed E-state index contributed by atoms with van der Waals surface area (Å²) in [6.07, 6.45) is 14.9. The van der Waals surface area contributed by atoms with E-state index in [9.17, 15) is 4.79 Å². The summed E-state index contributed by atoms with van der Waals surface area (Å²) in [4.78, 5) is 10.1. The molecule has 2 nitrogen and oxygen atoms in total. The lowest BCUT2D eigenvalue weighted by atomic mass is 10.3. The van der Waals surface area contributed by atoms with Crippen LogP contribution < -0.4 is 0 Å². The minimum atomic E-state index is -0.784. The molecule has 2 heteroatoms. The molecule has 0 atom stereocenters. The highest BCUT2D eigenvalue weighted by Gasteiger charge is 1.86. The van der Waals surface area contributed by atoms with Crippen LogP contribution in [0.4, 0.5) is 0 Å². The highest BCUT2D eigenvalue weighted by molar-refractivity contribution is 5.68. The third kappa shape index (κ3) is 10.7. The van der Waals surface area contributed by atoms with Gasteiger partial charge in [-0.25, -0.2) is 0 Å². The van der Waals surface area contributed by atoms with Gasteiger partial charge >= 0.3 is 5.97 Å². The molecule has 0 saturated heterocycles. The molecule has 0 aliphatic heterocycles. The Labute approximate surface area is 85.6 Å². The molecule has 0 aromatic carbocycles. The molecule has 14 heavy (non-hydrogen) atoms. The van der Waals surface area contributed by atoms with E-state index in [0.717, 1.165) is 12.8 Å². The maximum Gasteiger partial charge on any atom is 0.307 e. The zero-order chi connectivity index (χ0) is 10.6. The van der Waals surface area contributed by atoms with E-state index in [-0.39, 0.29) is 6.42 Å². The molecule has 1 N–H and O–H groups in total. The molecule has 78 valence electrons. The molecule has 0 unspecified atom stereocenters. The van der Waals surface area contributed by atoms with Gasteiger partial charge in [0.15, 0.2) is 0 Å². The predicted molar refractivity (Wildman–Crippen MR) is 59.2 cm³/mol. The molecule has 0 amide bonds. The van der Waals surface area contributed by atoms with Gasteiger partial charge in [0.2, 0.25) is 0 Å². The Morgan fingerprint density at radius 2 is 1.86 bits per heavy atom. The Hall–Kier alpha value is -1.31. The zero-order valence-corrected chi connectivity index (χ0v) is 8.65. The predicted octanol–water partition coefficient (Wildman–Crippen LogP) is 3.32. The fourth-order valence-corrected chi connectivity index (χ4v) is 0.858. The van der Waals surface area contributed by atoms with Gasteiger partial charge in [-0.05, 0) is 12.8 Å². The molecular formula is C12H18O2. The Balaban J connectivity index is 3.43. The summed E-state index contributed by atoms with van der Waals surface area (Å²) in [6, 6.07) is 0. The maximum atomic E-state index is 10.1. The fraction of sp³-hybridized carbons (Fsp3) is 0.417. The van der Waals surface area contributed by atoms with Crippen molar-refractivity contribution in [2.45, 2.75) is 32.6 Å². The zero-order valence-electron chi connectivity index (χ0n) is 8.65. The van der Waals surface area contributed by atoms with E-state index in [4.69, 9.17) is 5.11 Å². The third-order valence-electron chi connectivity index (χ3n) is 1.57. The summed E-state index contributed by atoms with van der Waals surface area (Å²) >= 11 is 0. The van der Waals surface area contributed by atoms with Gasteiger partial charge in [0, 0.05) is 0 Å². The summed E-state index contributed by atoms with van der Waals surface area (Å²) in [6.45, 7) is 2.14. The number of hydrogen-bond acceptors (Lipinski definition) is 1. The summed E-state index contributed by atoms with van der Waals surface area (Å²) in [5, 5.41) is 8.33. The Morgan fingerprint density at radius 3 is 2.50 bits per heavy atom. The number of hydrogen-bond donors (Lipinski definition) is 1. The number of carboxylic acids is 1. The lowest BCUT2D eigenvalue weighted by Gasteiger charge is -1.83. The number of carbonyl (C=O) groups is 1. The van der Waals surface area contributed by atoms with Crippen LogP contribution in [0.2, 0.25) is 0 Å². The van der Waals surface area contributed by atoms with Crippen molar-refractivity contribution in [3.63, 3.8) is 0 Å². The Bertz CT molecular complexity index is 224. The highest BCUT2D eigenvalue weighted by atomic mass is 16.4. The molecule has 0 fully saturated rings. The van der Waals surface area contributed by atoms with Gasteiger partial charge in [-0.1, -0.05) is 49.8 Å². The lowest BCUT2D eigenvalue weighted by Crippen LogP contribution is -1.89. The van der Waals surface area contributed by atoms with Crippen LogP contribution >= 0.6 is 0 Å². The largest absolute Gasteiger partial charge is 0.481 e. The van der Waals surface area contributed by atoms with E-state index in [1.807, 2.05) is 24.3 Å². The van der Waals surface area contributed by atoms with Crippen molar-refractivity contribution in [2.75, 3.05) is 0 Å². The van der Waals surface area contributed by atoms with Crippen molar-refractivity contribution >= 4 is 5.97 Å². The van der Waals surface area contributed by atoms with Gasteiger partial charge < -0.3 is 5.11 Å². The molecule has 0 bridgehead atoms. The van der Waals surface area contributed by atoms with Crippen molar-refractivity contribution in [3.05, 3.63) is 36.5 Å². The van der Waals surface area contributed by atoms with Gasteiger partial charge in [-0.2, -0.15) is 0 Å². The number of allylic oxidation sites excluding steroid dienone is 5. The van der Waals surface area contributed by atoms with Crippen LogP contribution in [-0.4, -0.2) is 11.1 Å². The van der Waals surface area contributed by atoms with E-state index < -0.39 is 5.97 Å². The van der Waals surface area contributed by atoms with E-state index in [1.165, 1.54) is 6.42 Å². The summed E-state index contributed by atoms with van der Waals surface area (Å²) < 4.78 is 0. The van der Waals surface area contributed by atoms with Crippen LogP contribution in [0.25, 0.3) is 0 Å². The Morgan fingerprint density at radius 1 is 1.14 bits per heavy atom. The van der Waals surface area contributed by atoms with E-state index in [1.54, 1.807) is 6.08 Å². The van der Waals surface area contributed by atoms with Crippen molar-refractivity contribution in [2.24, 2.45) is 0 Å². The van der Waals surface area contributed by atoms with Crippen LogP contribution in [0.5, 0.6) is 0 Å². The molecule has 0 aromatic heterocycles. The second kappa shape index (κ2) is 9.78. The SMILES string of the molecule is CCCC=CC=CCC=CCC(=O)O. The average Bonchev–Trinajstić information content (AvgIpc) is 2.15. The minimum absolute atomic E-state index is 0.111. The average molecular weight is 194 g/mol. The van der Waals surface area contributed by atoms with E-state index in [2.05, 4.69) is 13.0 Å². The third-order valence-corrected chi connectivity index (χ3v) is 1.57. The van der Waals surface area contributed by atoms with Crippen molar-refractivity contribution in [1.29, 1.82) is 0 Å². The fourth-order valence-electron chi connectivity index (χ4n) is 0.858. The van der Waals surface area contributed by atoms with Crippen molar-refractivity contribution in [3.8, 4) is 0 Å². The first-order chi connectivity index (χ1) is 6.77. The van der Waals surface area contributed by atoms with Crippen LogP contribution in [0.3, 0.4) is 0 Å². The first-order valence-electron chi connectivity index (χ1n) is 4.95. The molecule has 0 radical (unpaired) electrons. The van der Waals surface area contributed by atoms with Gasteiger partial charge in [0.1, 0.15) is 0 Å².